The molecular weight excluding hydrogens is 246 g/mol. The predicted octanol–water partition coefficient (Wildman–Crippen LogP) is 1.48. The SMILES string of the molecule is CCC(C)(NC(=O)N(C)Cc1ccccn1)C(=O)O. The predicted molar refractivity (Wildman–Crippen MR) is 70.6 cm³/mol. The molecule has 1 aromatic rings. The molecule has 2 amide bonds. The van der Waals surface area contributed by atoms with E-state index >= 15 is 0 Å². The number of hydrogen-bond acceptors (Lipinski definition) is 3. The number of hydrogen-bond donors (Lipinski definition) is 2. The maximum absolute atomic E-state index is 12.0. The van der Waals surface area contributed by atoms with E-state index in [0.29, 0.717) is 13.0 Å². The van der Waals surface area contributed by atoms with E-state index < -0.39 is 17.5 Å². The van der Waals surface area contributed by atoms with Gasteiger partial charge in [-0.05, 0) is 25.5 Å². The van der Waals surface area contributed by atoms with E-state index in [1.165, 1.54) is 11.8 Å². The first-order chi connectivity index (χ1) is 8.89. The summed E-state index contributed by atoms with van der Waals surface area (Å²) < 4.78 is 0. The maximum atomic E-state index is 12.0. The summed E-state index contributed by atoms with van der Waals surface area (Å²) in [6.07, 6.45) is 1.96. The van der Waals surface area contributed by atoms with Gasteiger partial charge < -0.3 is 15.3 Å². The van der Waals surface area contributed by atoms with Gasteiger partial charge in [-0.2, -0.15) is 0 Å². The molecule has 6 heteroatoms. The molecular formula is C13H19N3O3. The van der Waals surface area contributed by atoms with Gasteiger partial charge in [0.05, 0.1) is 12.2 Å². The standard InChI is InChI=1S/C13H19N3O3/c1-4-13(2,11(17)18)15-12(19)16(3)9-10-7-5-6-8-14-10/h5-8H,4,9H2,1-3H3,(H,15,19)(H,17,18). The summed E-state index contributed by atoms with van der Waals surface area (Å²) in [5, 5.41) is 11.6. The van der Waals surface area contributed by atoms with E-state index in [0.717, 1.165) is 5.69 Å². The lowest BCUT2D eigenvalue weighted by Crippen LogP contribution is -2.54. The number of aromatic nitrogens is 1. The quantitative estimate of drug-likeness (QED) is 0.844. The first-order valence-corrected chi connectivity index (χ1v) is 6.05. The van der Waals surface area contributed by atoms with E-state index in [2.05, 4.69) is 10.3 Å². The average molecular weight is 265 g/mol. The van der Waals surface area contributed by atoms with E-state index in [-0.39, 0.29) is 0 Å². The van der Waals surface area contributed by atoms with Gasteiger partial charge in [-0.1, -0.05) is 13.0 Å². The molecule has 104 valence electrons. The number of carbonyl (C=O) groups is 2. The highest BCUT2D eigenvalue weighted by Crippen LogP contribution is 2.10. The highest BCUT2D eigenvalue weighted by molar-refractivity contribution is 5.85. The van der Waals surface area contributed by atoms with E-state index in [4.69, 9.17) is 5.11 Å². The van der Waals surface area contributed by atoms with Gasteiger partial charge in [0, 0.05) is 13.2 Å². The number of rotatable bonds is 5. The Balaban J connectivity index is 2.65. The Morgan fingerprint density at radius 1 is 1.47 bits per heavy atom. The van der Waals surface area contributed by atoms with Gasteiger partial charge >= 0.3 is 12.0 Å². The molecule has 0 spiro atoms. The van der Waals surface area contributed by atoms with Crippen LogP contribution in [0.4, 0.5) is 4.79 Å². The Morgan fingerprint density at radius 3 is 2.63 bits per heavy atom. The lowest BCUT2D eigenvalue weighted by atomic mass is 10.00. The van der Waals surface area contributed by atoms with Crippen molar-refractivity contribution in [1.29, 1.82) is 0 Å². The van der Waals surface area contributed by atoms with Crippen molar-refractivity contribution in [3.05, 3.63) is 30.1 Å². The molecule has 0 aliphatic carbocycles. The van der Waals surface area contributed by atoms with Crippen LogP contribution in [0.25, 0.3) is 0 Å². The Morgan fingerprint density at radius 2 is 2.16 bits per heavy atom. The van der Waals surface area contributed by atoms with Crippen molar-refractivity contribution in [3.63, 3.8) is 0 Å². The number of carbonyl (C=O) groups excluding carboxylic acids is 1. The van der Waals surface area contributed by atoms with Crippen LogP contribution in [0.2, 0.25) is 0 Å². The highest BCUT2D eigenvalue weighted by atomic mass is 16.4. The van der Waals surface area contributed by atoms with Crippen molar-refractivity contribution in [2.24, 2.45) is 0 Å². The van der Waals surface area contributed by atoms with Crippen LogP contribution >= 0.6 is 0 Å². The van der Waals surface area contributed by atoms with Crippen molar-refractivity contribution in [1.82, 2.24) is 15.2 Å². The number of nitrogens with one attached hydrogen (secondary N) is 1. The lowest BCUT2D eigenvalue weighted by molar-refractivity contribution is -0.143. The van der Waals surface area contributed by atoms with Gasteiger partial charge in [0.2, 0.25) is 0 Å². The fourth-order valence-electron chi connectivity index (χ4n) is 1.43. The molecule has 0 saturated heterocycles. The Labute approximate surface area is 112 Å². The summed E-state index contributed by atoms with van der Waals surface area (Å²) in [7, 11) is 1.60. The molecule has 0 saturated carbocycles. The molecule has 0 aromatic carbocycles. The maximum Gasteiger partial charge on any atom is 0.329 e. The van der Waals surface area contributed by atoms with Crippen molar-refractivity contribution in [3.8, 4) is 0 Å². The number of aliphatic carboxylic acids is 1. The minimum absolute atomic E-state index is 0.311. The summed E-state index contributed by atoms with van der Waals surface area (Å²) in [6, 6.07) is 5.00. The minimum Gasteiger partial charge on any atom is -0.480 e. The van der Waals surface area contributed by atoms with E-state index in [9.17, 15) is 9.59 Å². The van der Waals surface area contributed by atoms with Gasteiger partial charge in [-0.3, -0.25) is 4.98 Å². The Hall–Kier alpha value is -2.11. The molecule has 1 unspecified atom stereocenters. The van der Waals surface area contributed by atoms with Gasteiger partial charge in [0.15, 0.2) is 0 Å². The molecule has 6 nitrogen and oxygen atoms in total. The number of pyridine rings is 1. The topological polar surface area (TPSA) is 82.5 Å². The largest absolute Gasteiger partial charge is 0.480 e. The first-order valence-electron chi connectivity index (χ1n) is 6.05. The van der Waals surface area contributed by atoms with Gasteiger partial charge in [0.1, 0.15) is 5.54 Å². The number of urea groups is 1. The fraction of sp³-hybridized carbons (Fsp3) is 0.462. The molecule has 0 bridgehead atoms. The second-order valence-corrected chi connectivity index (χ2v) is 4.60. The van der Waals surface area contributed by atoms with Crippen LogP contribution in [0.15, 0.2) is 24.4 Å². The van der Waals surface area contributed by atoms with Crippen molar-refractivity contribution in [2.75, 3.05) is 7.05 Å². The second kappa shape index (κ2) is 6.17. The monoisotopic (exact) mass is 265 g/mol. The van der Waals surface area contributed by atoms with Gasteiger partial charge in [-0.15, -0.1) is 0 Å². The molecule has 1 heterocycles. The zero-order valence-electron chi connectivity index (χ0n) is 11.4. The summed E-state index contributed by atoms with van der Waals surface area (Å²) in [6.45, 7) is 3.53. The molecule has 0 fully saturated rings. The molecule has 0 aliphatic rings. The zero-order chi connectivity index (χ0) is 14.5. The minimum atomic E-state index is -1.25. The Kier molecular flexibility index (Phi) is 4.86. The fourth-order valence-corrected chi connectivity index (χ4v) is 1.43. The zero-order valence-corrected chi connectivity index (χ0v) is 11.4. The molecule has 19 heavy (non-hydrogen) atoms. The normalized spacial score (nSPS) is 13.4. The van der Waals surface area contributed by atoms with Crippen LogP contribution in [-0.2, 0) is 11.3 Å². The molecule has 1 aromatic heterocycles. The number of amides is 2. The average Bonchev–Trinajstić information content (AvgIpc) is 2.39. The summed E-state index contributed by atoms with van der Waals surface area (Å²) in [5.74, 6) is -1.05. The summed E-state index contributed by atoms with van der Waals surface area (Å²) >= 11 is 0. The smallest absolute Gasteiger partial charge is 0.329 e. The summed E-state index contributed by atoms with van der Waals surface area (Å²) in [4.78, 5) is 28.6. The van der Waals surface area contributed by atoms with Crippen molar-refractivity contribution >= 4 is 12.0 Å². The molecule has 0 aliphatic heterocycles. The van der Waals surface area contributed by atoms with Crippen LogP contribution in [0, 0.1) is 0 Å². The third kappa shape index (κ3) is 3.94. The molecule has 1 atom stereocenters. The third-order valence-electron chi connectivity index (χ3n) is 3.03. The number of nitrogens with zero attached hydrogens (tertiary/aromatic N) is 2. The first kappa shape index (κ1) is 14.9. The number of carboxylic acids is 1. The van der Waals surface area contributed by atoms with Crippen LogP contribution in [-0.4, -0.2) is 39.6 Å². The van der Waals surface area contributed by atoms with Gasteiger partial charge in [0.25, 0.3) is 0 Å². The summed E-state index contributed by atoms with van der Waals surface area (Å²) in [5.41, 5.74) is -0.510. The van der Waals surface area contributed by atoms with Crippen LogP contribution < -0.4 is 5.32 Å². The Bertz CT molecular complexity index is 450. The third-order valence-corrected chi connectivity index (χ3v) is 3.03. The number of carboxylic acid groups (broad SMARTS) is 1. The van der Waals surface area contributed by atoms with Crippen LogP contribution in [0.1, 0.15) is 26.0 Å². The van der Waals surface area contributed by atoms with E-state index in [1.807, 2.05) is 6.07 Å². The van der Waals surface area contributed by atoms with Crippen LogP contribution in [0.5, 0.6) is 0 Å². The van der Waals surface area contributed by atoms with Crippen LogP contribution in [0.3, 0.4) is 0 Å². The van der Waals surface area contributed by atoms with E-state index in [1.54, 1.807) is 32.3 Å². The van der Waals surface area contributed by atoms with Gasteiger partial charge in [-0.25, -0.2) is 9.59 Å². The van der Waals surface area contributed by atoms with Crippen molar-refractivity contribution in [2.45, 2.75) is 32.4 Å². The highest BCUT2D eigenvalue weighted by Gasteiger charge is 2.33. The molecule has 1 rings (SSSR count). The molecule has 2 N–H and O–H groups in total. The lowest BCUT2D eigenvalue weighted by Gasteiger charge is -2.27. The van der Waals surface area contributed by atoms with Crippen molar-refractivity contribution < 1.29 is 14.7 Å². The molecule has 0 radical (unpaired) electrons. The second-order valence-electron chi connectivity index (χ2n) is 4.60.